The number of hydrogen-bond donors (Lipinski definition) is 1. The molecule has 0 aromatic heterocycles. The van der Waals surface area contributed by atoms with Crippen LogP contribution < -0.4 is 10.1 Å². The monoisotopic (exact) mass is 286 g/mol. The number of non-ortho nitro benzene ring substituents is 1. The Morgan fingerprint density at radius 1 is 1.14 bits per heavy atom. The van der Waals surface area contributed by atoms with Crippen LogP contribution in [0.3, 0.4) is 0 Å². The molecule has 108 valence electrons. The number of anilines is 1. The Bertz CT molecular complexity index is 636. The molecular weight excluding hydrogens is 272 g/mol. The molecule has 6 heteroatoms. The predicted molar refractivity (Wildman–Crippen MR) is 78.7 cm³/mol. The molecular formula is C15H14N2O4. The van der Waals surface area contributed by atoms with E-state index in [1.54, 1.807) is 12.1 Å². The minimum atomic E-state index is -0.555. The fraction of sp³-hybridized carbons (Fsp3) is 0.133. The molecule has 0 saturated carbocycles. The Morgan fingerprint density at radius 2 is 1.76 bits per heavy atom. The third-order valence-corrected chi connectivity index (χ3v) is 2.76. The Balaban J connectivity index is 2.05. The lowest BCUT2D eigenvalue weighted by atomic mass is 10.2. The van der Waals surface area contributed by atoms with Crippen LogP contribution in [-0.2, 0) is 0 Å². The number of hydrogen-bond acceptors (Lipinski definition) is 5. The van der Waals surface area contributed by atoms with Crippen LogP contribution in [0.5, 0.6) is 5.75 Å². The molecule has 0 saturated heterocycles. The van der Waals surface area contributed by atoms with E-state index in [1.165, 1.54) is 24.3 Å². The van der Waals surface area contributed by atoms with Crippen LogP contribution in [0.15, 0.2) is 48.5 Å². The molecule has 2 rings (SSSR count). The van der Waals surface area contributed by atoms with Gasteiger partial charge in [-0.05, 0) is 43.3 Å². The number of nitrogens with zero attached hydrogens (tertiary/aromatic N) is 1. The molecule has 0 unspecified atom stereocenters. The van der Waals surface area contributed by atoms with Gasteiger partial charge in [0, 0.05) is 24.4 Å². The van der Waals surface area contributed by atoms with E-state index in [2.05, 4.69) is 5.32 Å². The van der Waals surface area contributed by atoms with Crippen molar-refractivity contribution in [3.63, 3.8) is 0 Å². The van der Waals surface area contributed by atoms with E-state index in [0.29, 0.717) is 5.75 Å². The summed E-state index contributed by atoms with van der Waals surface area (Å²) in [5.74, 6) is -0.138. The second-order valence-corrected chi connectivity index (χ2v) is 4.25. The van der Waals surface area contributed by atoms with Gasteiger partial charge in [0.25, 0.3) is 5.69 Å². The summed E-state index contributed by atoms with van der Waals surface area (Å²) in [6, 6.07) is 12.3. The zero-order valence-electron chi connectivity index (χ0n) is 11.4. The van der Waals surface area contributed by atoms with Crippen LogP contribution in [0.4, 0.5) is 11.4 Å². The summed E-state index contributed by atoms with van der Waals surface area (Å²) >= 11 is 0. The summed E-state index contributed by atoms with van der Waals surface area (Å²) in [6.07, 6.45) is 0. The number of carbonyl (C=O) groups is 1. The molecule has 2 aromatic rings. The normalized spacial score (nSPS) is 9.95. The highest BCUT2D eigenvalue weighted by atomic mass is 16.6. The Morgan fingerprint density at radius 3 is 2.29 bits per heavy atom. The third kappa shape index (κ3) is 3.79. The van der Waals surface area contributed by atoms with Crippen LogP contribution >= 0.6 is 0 Å². The summed E-state index contributed by atoms with van der Waals surface area (Å²) < 4.78 is 5.20. The molecule has 6 nitrogen and oxygen atoms in total. The first-order valence-electron chi connectivity index (χ1n) is 6.40. The second kappa shape index (κ2) is 6.51. The molecule has 0 atom stereocenters. The van der Waals surface area contributed by atoms with Crippen molar-refractivity contribution >= 4 is 17.3 Å². The van der Waals surface area contributed by atoms with Gasteiger partial charge < -0.3 is 10.1 Å². The Hall–Kier alpha value is -2.89. The van der Waals surface area contributed by atoms with Crippen molar-refractivity contribution in [1.29, 1.82) is 0 Å². The summed E-state index contributed by atoms with van der Waals surface area (Å²) in [5.41, 5.74) is 1.13. The van der Waals surface area contributed by atoms with Gasteiger partial charge >= 0.3 is 5.97 Å². The van der Waals surface area contributed by atoms with Gasteiger partial charge in [-0.3, -0.25) is 10.1 Å². The first-order chi connectivity index (χ1) is 10.1. The smallest absolute Gasteiger partial charge is 0.343 e. The number of carbonyl (C=O) groups excluding carboxylic acids is 1. The largest absolute Gasteiger partial charge is 0.423 e. The summed E-state index contributed by atoms with van der Waals surface area (Å²) in [6.45, 7) is 2.80. The average Bonchev–Trinajstić information content (AvgIpc) is 2.49. The Kier molecular flexibility index (Phi) is 4.50. The maximum atomic E-state index is 11.9. The molecule has 0 amide bonds. The quantitative estimate of drug-likeness (QED) is 0.395. The molecule has 0 fully saturated rings. The van der Waals surface area contributed by atoms with Gasteiger partial charge in [0.1, 0.15) is 5.75 Å². The molecule has 21 heavy (non-hydrogen) atoms. The third-order valence-electron chi connectivity index (χ3n) is 2.76. The van der Waals surface area contributed by atoms with Gasteiger partial charge in [-0.25, -0.2) is 4.79 Å². The van der Waals surface area contributed by atoms with E-state index in [1.807, 2.05) is 19.1 Å². The van der Waals surface area contributed by atoms with E-state index in [9.17, 15) is 14.9 Å². The summed E-state index contributed by atoms with van der Waals surface area (Å²) in [5, 5.41) is 13.7. The molecule has 0 radical (unpaired) electrons. The number of nitro benzene ring substituents is 1. The van der Waals surface area contributed by atoms with E-state index in [-0.39, 0.29) is 11.3 Å². The van der Waals surface area contributed by atoms with E-state index < -0.39 is 10.9 Å². The van der Waals surface area contributed by atoms with Crippen molar-refractivity contribution in [2.75, 3.05) is 11.9 Å². The van der Waals surface area contributed by atoms with Crippen LogP contribution in [-0.4, -0.2) is 17.4 Å². The highest BCUT2D eigenvalue weighted by Crippen LogP contribution is 2.18. The number of nitro groups is 1. The lowest BCUT2D eigenvalue weighted by molar-refractivity contribution is -0.384. The number of ether oxygens (including phenoxy) is 1. The van der Waals surface area contributed by atoms with Gasteiger partial charge in [-0.15, -0.1) is 0 Å². The molecule has 0 spiro atoms. The van der Waals surface area contributed by atoms with Crippen molar-refractivity contribution in [2.24, 2.45) is 0 Å². The van der Waals surface area contributed by atoms with Crippen molar-refractivity contribution in [2.45, 2.75) is 6.92 Å². The van der Waals surface area contributed by atoms with Crippen molar-refractivity contribution in [1.82, 2.24) is 0 Å². The topological polar surface area (TPSA) is 81.5 Å². The minimum absolute atomic E-state index is 0.0680. The summed E-state index contributed by atoms with van der Waals surface area (Å²) in [7, 11) is 0. The highest BCUT2D eigenvalue weighted by Gasteiger charge is 2.11. The number of benzene rings is 2. The summed E-state index contributed by atoms with van der Waals surface area (Å²) in [4.78, 5) is 21.9. The van der Waals surface area contributed by atoms with Gasteiger partial charge in [0.15, 0.2) is 0 Å². The zero-order chi connectivity index (χ0) is 15.2. The van der Waals surface area contributed by atoms with Crippen molar-refractivity contribution < 1.29 is 14.5 Å². The zero-order valence-corrected chi connectivity index (χ0v) is 11.4. The van der Waals surface area contributed by atoms with Gasteiger partial charge in [0.2, 0.25) is 0 Å². The van der Waals surface area contributed by atoms with Gasteiger partial charge in [-0.1, -0.05) is 0 Å². The second-order valence-electron chi connectivity index (χ2n) is 4.25. The molecule has 0 aliphatic rings. The van der Waals surface area contributed by atoms with Gasteiger partial charge in [-0.2, -0.15) is 0 Å². The Labute approximate surface area is 121 Å². The minimum Gasteiger partial charge on any atom is -0.423 e. The molecule has 0 aliphatic carbocycles. The first-order valence-corrected chi connectivity index (χ1v) is 6.40. The lowest BCUT2D eigenvalue weighted by Crippen LogP contribution is -2.08. The number of rotatable bonds is 5. The average molecular weight is 286 g/mol. The predicted octanol–water partition coefficient (Wildman–Crippen LogP) is 3.25. The number of esters is 1. The van der Waals surface area contributed by atoms with Crippen LogP contribution in [0.1, 0.15) is 17.3 Å². The van der Waals surface area contributed by atoms with Crippen LogP contribution in [0, 0.1) is 10.1 Å². The maximum Gasteiger partial charge on any atom is 0.343 e. The van der Waals surface area contributed by atoms with Crippen LogP contribution in [0.25, 0.3) is 0 Å². The SMILES string of the molecule is CCNc1ccc(OC(=O)c2ccc([N+](=O)[O-])cc2)cc1. The lowest BCUT2D eigenvalue weighted by Gasteiger charge is -2.06. The van der Waals surface area contributed by atoms with Crippen molar-refractivity contribution in [3.05, 3.63) is 64.2 Å². The standard InChI is InChI=1S/C15H14N2O4/c1-2-16-12-5-9-14(10-6-12)21-15(18)11-3-7-13(8-4-11)17(19)20/h3-10,16H,2H2,1H3. The first kappa shape index (κ1) is 14.5. The molecule has 0 aliphatic heterocycles. The van der Waals surface area contributed by atoms with E-state index >= 15 is 0 Å². The van der Waals surface area contributed by atoms with E-state index in [4.69, 9.17) is 4.74 Å². The molecule has 2 aromatic carbocycles. The maximum absolute atomic E-state index is 11.9. The van der Waals surface area contributed by atoms with E-state index in [0.717, 1.165) is 12.2 Å². The fourth-order valence-electron chi connectivity index (χ4n) is 1.73. The van der Waals surface area contributed by atoms with Crippen LogP contribution in [0.2, 0.25) is 0 Å². The fourth-order valence-corrected chi connectivity index (χ4v) is 1.73. The molecule has 0 heterocycles. The van der Waals surface area contributed by atoms with Crippen molar-refractivity contribution in [3.8, 4) is 5.75 Å². The molecule has 0 bridgehead atoms. The number of nitrogens with one attached hydrogen (secondary N) is 1. The highest BCUT2D eigenvalue weighted by molar-refractivity contribution is 5.91. The van der Waals surface area contributed by atoms with Gasteiger partial charge in [0.05, 0.1) is 10.5 Å². The molecule has 1 N–H and O–H groups in total.